The van der Waals surface area contributed by atoms with Crippen molar-refractivity contribution >= 4 is 27.4 Å². The zero-order valence-electron chi connectivity index (χ0n) is 16.8. The summed E-state index contributed by atoms with van der Waals surface area (Å²) >= 11 is 3.50. The summed E-state index contributed by atoms with van der Waals surface area (Å²) in [5.74, 6) is 0.499. The molecule has 1 unspecified atom stereocenters. The second-order valence-electron chi connectivity index (χ2n) is 7.44. The highest BCUT2D eigenvalue weighted by Crippen LogP contribution is 2.44. The van der Waals surface area contributed by atoms with Crippen LogP contribution in [0.15, 0.2) is 69.7 Å². The number of allylic oxidation sites excluding steroid dienone is 3. The van der Waals surface area contributed by atoms with E-state index in [0.29, 0.717) is 40.8 Å². The molecular formula is C23H18BrN3O5. The Morgan fingerprint density at radius 2 is 2.00 bits per heavy atom. The van der Waals surface area contributed by atoms with Crippen LogP contribution in [0.2, 0.25) is 0 Å². The summed E-state index contributed by atoms with van der Waals surface area (Å²) in [6, 6.07) is 13.6. The number of halogens is 1. The number of carbonyl (C=O) groups is 1. The molecule has 1 atom stereocenters. The van der Waals surface area contributed by atoms with Crippen LogP contribution in [0.5, 0.6) is 5.75 Å². The van der Waals surface area contributed by atoms with E-state index in [4.69, 9.17) is 15.2 Å². The number of ether oxygens (including phenoxy) is 2. The van der Waals surface area contributed by atoms with E-state index >= 15 is 0 Å². The summed E-state index contributed by atoms with van der Waals surface area (Å²) in [7, 11) is 0. The fourth-order valence-corrected chi connectivity index (χ4v) is 4.39. The van der Waals surface area contributed by atoms with E-state index in [-0.39, 0.29) is 29.5 Å². The molecule has 1 aliphatic heterocycles. The minimum Gasteiger partial charge on any atom is -0.488 e. The molecule has 0 spiro atoms. The predicted molar refractivity (Wildman–Crippen MR) is 118 cm³/mol. The van der Waals surface area contributed by atoms with Gasteiger partial charge in [-0.2, -0.15) is 5.26 Å². The van der Waals surface area contributed by atoms with Crippen LogP contribution in [0.1, 0.15) is 36.3 Å². The van der Waals surface area contributed by atoms with E-state index in [1.165, 1.54) is 12.1 Å². The number of nitrogens with zero attached hydrogens (tertiary/aromatic N) is 2. The Bertz CT molecular complexity index is 1210. The third-order valence-corrected chi connectivity index (χ3v) is 6.06. The quantitative estimate of drug-likeness (QED) is 0.467. The van der Waals surface area contributed by atoms with Gasteiger partial charge in [0, 0.05) is 30.5 Å². The third kappa shape index (κ3) is 4.09. The molecule has 0 saturated heterocycles. The predicted octanol–water partition coefficient (Wildman–Crippen LogP) is 4.75. The van der Waals surface area contributed by atoms with Gasteiger partial charge in [-0.3, -0.25) is 14.9 Å². The highest BCUT2D eigenvalue weighted by atomic mass is 79.9. The third-order valence-electron chi connectivity index (χ3n) is 5.44. The van der Waals surface area contributed by atoms with Gasteiger partial charge in [-0.05, 0) is 57.7 Å². The van der Waals surface area contributed by atoms with E-state index < -0.39 is 10.8 Å². The summed E-state index contributed by atoms with van der Waals surface area (Å²) in [6.07, 6.45) is 1.71. The Labute approximate surface area is 192 Å². The molecule has 32 heavy (non-hydrogen) atoms. The molecule has 0 amide bonds. The number of non-ortho nitro benzene ring substituents is 1. The molecule has 2 aromatic carbocycles. The molecule has 0 fully saturated rings. The maximum atomic E-state index is 12.7. The molecule has 2 aromatic rings. The zero-order valence-corrected chi connectivity index (χ0v) is 18.4. The average molecular weight is 496 g/mol. The molecule has 8 nitrogen and oxygen atoms in total. The fraction of sp³-hybridized carbons (Fsp3) is 0.217. The molecule has 0 saturated carbocycles. The Hall–Kier alpha value is -3.64. The number of hydrogen-bond acceptors (Lipinski definition) is 7. The molecule has 162 valence electrons. The van der Waals surface area contributed by atoms with E-state index in [1.54, 1.807) is 30.3 Å². The molecule has 0 radical (unpaired) electrons. The first-order valence-corrected chi connectivity index (χ1v) is 10.7. The second kappa shape index (κ2) is 8.85. The Morgan fingerprint density at radius 1 is 1.25 bits per heavy atom. The first kappa shape index (κ1) is 21.6. The lowest BCUT2D eigenvalue weighted by Gasteiger charge is -2.31. The molecule has 2 aliphatic rings. The molecule has 0 aromatic heterocycles. The number of hydrogen-bond donors (Lipinski definition) is 1. The number of nitrogens with two attached hydrogens (primary N) is 1. The van der Waals surface area contributed by atoms with Crippen LogP contribution in [-0.2, 0) is 16.1 Å². The van der Waals surface area contributed by atoms with Gasteiger partial charge in [-0.15, -0.1) is 0 Å². The first-order chi connectivity index (χ1) is 15.4. The molecule has 4 rings (SSSR count). The number of nitro groups is 1. The highest BCUT2D eigenvalue weighted by molar-refractivity contribution is 9.10. The van der Waals surface area contributed by atoms with Crippen LogP contribution < -0.4 is 10.5 Å². The van der Waals surface area contributed by atoms with Crippen LogP contribution >= 0.6 is 15.9 Å². The van der Waals surface area contributed by atoms with Gasteiger partial charge < -0.3 is 15.2 Å². The molecular weight excluding hydrogens is 478 g/mol. The SMILES string of the molecule is N#CC1=C(N)OC2=C(C(=O)CCC2)C1c1ccc(OCc2ccc([N+](=O)[O-])cc2)c(Br)c1. The van der Waals surface area contributed by atoms with E-state index in [9.17, 15) is 20.2 Å². The summed E-state index contributed by atoms with van der Waals surface area (Å²) in [5, 5.41) is 20.5. The smallest absolute Gasteiger partial charge is 0.269 e. The van der Waals surface area contributed by atoms with Gasteiger partial charge in [0.2, 0.25) is 5.88 Å². The largest absolute Gasteiger partial charge is 0.488 e. The summed E-state index contributed by atoms with van der Waals surface area (Å²) in [4.78, 5) is 23.0. The Kier molecular flexibility index (Phi) is 5.97. The van der Waals surface area contributed by atoms with Crippen molar-refractivity contribution in [2.75, 3.05) is 0 Å². The molecule has 2 N–H and O–H groups in total. The summed E-state index contributed by atoms with van der Waals surface area (Å²) in [5.41, 5.74) is 8.22. The number of ketones is 1. The summed E-state index contributed by atoms with van der Waals surface area (Å²) in [6.45, 7) is 0.220. The standard InChI is InChI=1S/C23H18BrN3O5/c24-17-10-14(6-9-19(17)31-12-13-4-7-15(8-5-13)27(29)30)21-16(11-25)23(26)32-20-3-1-2-18(28)22(20)21/h4-10,21H,1-3,12,26H2. The first-order valence-electron chi connectivity index (χ1n) is 9.88. The number of benzene rings is 2. The van der Waals surface area contributed by atoms with Gasteiger partial charge in [0.1, 0.15) is 29.8 Å². The lowest BCUT2D eigenvalue weighted by Crippen LogP contribution is -2.27. The van der Waals surface area contributed by atoms with Gasteiger partial charge >= 0.3 is 0 Å². The lowest BCUT2D eigenvalue weighted by molar-refractivity contribution is -0.384. The molecule has 9 heteroatoms. The van der Waals surface area contributed by atoms with Crippen LogP contribution in [-0.4, -0.2) is 10.7 Å². The van der Waals surface area contributed by atoms with E-state index in [0.717, 1.165) is 11.1 Å². The monoisotopic (exact) mass is 495 g/mol. The van der Waals surface area contributed by atoms with Gasteiger partial charge in [-0.1, -0.05) is 6.07 Å². The number of rotatable bonds is 5. The van der Waals surface area contributed by atoms with Crippen molar-refractivity contribution in [2.45, 2.75) is 31.8 Å². The van der Waals surface area contributed by atoms with Crippen molar-refractivity contribution in [3.8, 4) is 11.8 Å². The molecule has 0 bridgehead atoms. The van der Waals surface area contributed by atoms with E-state index in [1.807, 2.05) is 0 Å². The molecule has 1 aliphatic carbocycles. The molecule has 1 heterocycles. The van der Waals surface area contributed by atoms with Crippen LogP contribution in [0.4, 0.5) is 5.69 Å². The van der Waals surface area contributed by atoms with Crippen LogP contribution in [0, 0.1) is 21.4 Å². The van der Waals surface area contributed by atoms with Crippen LogP contribution in [0.25, 0.3) is 0 Å². The highest BCUT2D eigenvalue weighted by Gasteiger charge is 2.38. The van der Waals surface area contributed by atoms with Crippen molar-refractivity contribution < 1.29 is 19.2 Å². The number of nitriles is 1. The Balaban J connectivity index is 1.59. The van der Waals surface area contributed by atoms with Gasteiger partial charge in [0.25, 0.3) is 5.69 Å². The lowest BCUT2D eigenvalue weighted by atomic mass is 9.77. The van der Waals surface area contributed by atoms with E-state index in [2.05, 4.69) is 22.0 Å². The van der Waals surface area contributed by atoms with Gasteiger partial charge in [0.05, 0.1) is 15.3 Å². The maximum Gasteiger partial charge on any atom is 0.269 e. The van der Waals surface area contributed by atoms with Crippen molar-refractivity contribution in [2.24, 2.45) is 5.73 Å². The summed E-state index contributed by atoms with van der Waals surface area (Å²) < 4.78 is 12.1. The van der Waals surface area contributed by atoms with Gasteiger partial charge in [-0.25, -0.2) is 0 Å². The fourth-order valence-electron chi connectivity index (χ4n) is 3.88. The number of carbonyl (C=O) groups excluding carboxylic acids is 1. The zero-order chi connectivity index (χ0) is 22.8. The van der Waals surface area contributed by atoms with Crippen molar-refractivity contribution in [3.63, 3.8) is 0 Å². The minimum atomic E-state index is -0.587. The van der Waals surface area contributed by atoms with Crippen molar-refractivity contribution in [1.29, 1.82) is 5.26 Å². The van der Waals surface area contributed by atoms with Crippen molar-refractivity contribution in [3.05, 3.63) is 91.0 Å². The Morgan fingerprint density at radius 3 is 2.66 bits per heavy atom. The second-order valence-corrected chi connectivity index (χ2v) is 8.29. The normalized spacial score (nSPS) is 18.0. The van der Waals surface area contributed by atoms with Gasteiger partial charge in [0.15, 0.2) is 5.78 Å². The average Bonchev–Trinajstić information content (AvgIpc) is 2.77. The maximum absolute atomic E-state index is 12.7. The number of Topliss-reactive ketones (excluding diaryl/α,β-unsaturated/α-hetero) is 1. The topological polar surface area (TPSA) is 128 Å². The minimum absolute atomic E-state index is 0.0160. The number of nitro benzene ring substituents is 1. The van der Waals surface area contributed by atoms with Crippen LogP contribution in [0.3, 0.4) is 0 Å². The van der Waals surface area contributed by atoms with Crippen molar-refractivity contribution in [1.82, 2.24) is 0 Å².